The normalized spacial score (nSPS) is 19.1. The molecule has 0 aromatic carbocycles. The lowest BCUT2D eigenvalue weighted by Crippen LogP contribution is -2.28. The minimum absolute atomic E-state index is 0.0678. The van der Waals surface area contributed by atoms with Crippen LogP contribution >= 0.6 is 0 Å². The van der Waals surface area contributed by atoms with Crippen molar-refractivity contribution in [1.82, 2.24) is 0 Å². The third kappa shape index (κ3) is 23.1. The molecule has 1 rings (SSSR count). The molecule has 2 N–H and O–H groups in total. The van der Waals surface area contributed by atoms with Crippen LogP contribution in [0.4, 0.5) is 4.79 Å². The molecule has 0 aliphatic heterocycles. The highest BCUT2D eigenvalue weighted by Crippen LogP contribution is 2.38. The maximum absolute atomic E-state index is 12.5. The van der Waals surface area contributed by atoms with E-state index in [1.165, 1.54) is 14.0 Å². The first-order valence-electron chi connectivity index (χ1n) is 18.2. The van der Waals surface area contributed by atoms with Gasteiger partial charge < -0.3 is 52.8 Å². The summed E-state index contributed by atoms with van der Waals surface area (Å²) in [5.41, 5.74) is 0. The Morgan fingerprint density at radius 3 is 1.84 bits per heavy atom. The summed E-state index contributed by atoms with van der Waals surface area (Å²) in [7, 11) is 1.30. The predicted octanol–water partition coefficient (Wildman–Crippen LogP) is 2.78. The molecule has 6 atom stereocenters. The number of ether oxygens (including phenoxy) is 9. The van der Waals surface area contributed by atoms with Crippen LogP contribution < -0.4 is 0 Å². The van der Waals surface area contributed by atoms with Crippen molar-refractivity contribution in [2.24, 2.45) is 11.8 Å². The summed E-state index contributed by atoms with van der Waals surface area (Å²) >= 11 is 0. The third-order valence-electron chi connectivity index (χ3n) is 7.83. The fourth-order valence-corrected chi connectivity index (χ4v) is 5.10. The smallest absolute Gasteiger partial charge is 0.463 e. The van der Waals surface area contributed by atoms with Gasteiger partial charge >= 0.3 is 42.0 Å². The van der Waals surface area contributed by atoms with E-state index in [0.29, 0.717) is 25.7 Å². The van der Waals surface area contributed by atoms with E-state index < -0.39 is 105 Å². The molecular weight excluding hydrogens is 732 g/mol. The van der Waals surface area contributed by atoms with E-state index in [0.717, 1.165) is 19.3 Å². The molecule has 1 saturated carbocycles. The summed E-state index contributed by atoms with van der Waals surface area (Å²) in [5, 5.41) is 21.3. The Balaban J connectivity index is 2.55. The van der Waals surface area contributed by atoms with Crippen molar-refractivity contribution in [1.29, 1.82) is 0 Å². The number of aliphatic hydroxyl groups is 2. The van der Waals surface area contributed by atoms with Crippen LogP contribution in [0.1, 0.15) is 85.5 Å². The first kappa shape index (κ1) is 48.5. The zero-order valence-corrected chi connectivity index (χ0v) is 32.2. The van der Waals surface area contributed by atoms with Crippen molar-refractivity contribution < 1.29 is 86.4 Å². The van der Waals surface area contributed by atoms with Gasteiger partial charge in [0.1, 0.15) is 6.10 Å². The van der Waals surface area contributed by atoms with Crippen LogP contribution in [0.2, 0.25) is 0 Å². The Morgan fingerprint density at radius 2 is 1.29 bits per heavy atom. The van der Waals surface area contributed by atoms with Crippen molar-refractivity contribution >= 4 is 42.0 Å². The molecule has 0 saturated heterocycles. The zero-order chi connectivity index (χ0) is 41.2. The van der Waals surface area contributed by atoms with Gasteiger partial charge in [0.05, 0.1) is 18.3 Å². The van der Waals surface area contributed by atoms with Crippen LogP contribution in [0.3, 0.4) is 0 Å². The van der Waals surface area contributed by atoms with E-state index in [2.05, 4.69) is 25.9 Å². The van der Waals surface area contributed by atoms with Crippen LogP contribution in [0.15, 0.2) is 24.3 Å². The van der Waals surface area contributed by atoms with E-state index >= 15 is 0 Å². The van der Waals surface area contributed by atoms with Crippen LogP contribution in [0.25, 0.3) is 0 Å². The van der Waals surface area contributed by atoms with Gasteiger partial charge in [0.2, 0.25) is 0 Å². The molecule has 0 heterocycles. The number of esters is 6. The van der Waals surface area contributed by atoms with Gasteiger partial charge in [-0.15, -0.1) is 0 Å². The molecule has 0 spiro atoms. The molecule has 18 heteroatoms. The van der Waals surface area contributed by atoms with E-state index in [-0.39, 0.29) is 24.9 Å². The Hall–Kier alpha value is -4.55. The van der Waals surface area contributed by atoms with Crippen molar-refractivity contribution in [2.45, 2.75) is 116 Å². The topological polar surface area (TPSA) is 243 Å². The molecule has 1 unspecified atom stereocenters. The Bertz CT molecular complexity index is 1280. The predicted molar refractivity (Wildman–Crippen MR) is 188 cm³/mol. The standard InChI is InChI=1S/C37H56O18/c1-6-7-10-13-26(38)16-17-27-28(14-11-8-9-12-15-31(40)53-24(2)3)30(18-29(27)39)55-37(46)52-22-35(44)50-20-33(42)48-19-32(41)49-21-34(43)51-23-36(45)54-25(4)47-5/h8,11,16-17,24-30,38-39H,6-7,9-10,12-15,18-23H2,1-5H3/b11-8-,17-16+/t25?,26-,27+,28+,29+,30-/m0/s1. The van der Waals surface area contributed by atoms with Crippen LogP contribution in [0.5, 0.6) is 0 Å². The first-order chi connectivity index (χ1) is 26.1. The summed E-state index contributed by atoms with van der Waals surface area (Å²) in [4.78, 5) is 83.0. The molecule has 1 aliphatic carbocycles. The second kappa shape index (κ2) is 27.9. The number of carbonyl (C=O) groups excluding carboxylic acids is 7. The van der Waals surface area contributed by atoms with E-state index in [4.69, 9.17) is 23.7 Å². The Kier molecular flexibility index (Phi) is 24.6. The second-order valence-electron chi connectivity index (χ2n) is 12.8. The number of rotatable bonds is 26. The first-order valence-corrected chi connectivity index (χ1v) is 18.2. The number of allylic oxidation sites excluding steroid dienone is 2. The van der Waals surface area contributed by atoms with Gasteiger partial charge in [0, 0.05) is 31.8 Å². The molecule has 0 aromatic heterocycles. The number of carbonyl (C=O) groups is 7. The fourth-order valence-electron chi connectivity index (χ4n) is 5.10. The molecule has 312 valence electrons. The Labute approximate surface area is 320 Å². The average molecular weight is 789 g/mol. The molecule has 0 radical (unpaired) electrons. The number of hydrogen-bond acceptors (Lipinski definition) is 18. The third-order valence-corrected chi connectivity index (χ3v) is 7.83. The average Bonchev–Trinajstić information content (AvgIpc) is 3.42. The quantitative estimate of drug-likeness (QED) is 0.0421. The fraction of sp³-hybridized carbons (Fsp3) is 0.703. The number of aliphatic hydroxyl groups excluding tert-OH is 2. The highest BCUT2D eigenvalue weighted by atomic mass is 16.7. The second-order valence-corrected chi connectivity index (χ2v) is 12.8. The van der Waals surface area contributed by atoms with Gasteiger partial charge in [0.25, 0.3) is 0 Å². The summed E-state index contributed by atoms with van der Waals surface area (Å²) in [6.45, 7) is 2.59. The summed E-state index contributed by atoms with van der Waals surface area (Å²) < 4.78 is 43.2. The van der Waals surface area contributed by atoms with E-state index in [1.807, 2.05) is 12.2 Å². The largest absolute Gasteiger partial charge is 0.509 e. The van der Waals surface area contributed by atoms with Crippen molar-refractivity contribution in [3.63, 3.8) is 0 Å². The molecule has 1 fully saturated rings. The summed E-state index contributed by atoms with van der Waals surface area (Å²) in [6, 6.07) is 0. The maximum atomic E-state index is 12.5. The molecule has 0 amide bonds. The Morgan fingerprint density at radius 1 is 0.727 bits per heavy atom. The lowest BCUT2D eigenvalue weighted by Gasteiger charge is -2.22. The lowest BCUT2D eigenvalue weighted by molar-refractivity contribution is -0.180. The number of hydrogen-bond donors (Lipinski definition) is 2. The van der Waals surface area contributed by atoms with E-state index in [9.17, 15) is 43.8 Å². The van der Waals surface area contributed by atoms with Crippen LogP contribution in [-0.2, 0) is 71.4 Å². The van der Waals surface area contributed by atoms with Gasteiger partial charge in [-0.2, -0.15) is 0 Å². The minimum atomic E-state index is -1.22. The molecule has 1 aliphatic rings. The SMILES string of the molecule is CCCCC[C@H](O)/C=C/[C@@H]1[C@@H](C/C=C\CCCC(=O)OC(C)C)[C@@H](OC(=O)OCC(=O)OCC(=O)OCC(=O)OCC(=O)OCC(=O)OC(C)OC)C[C@H]1O. The molecular formula is C37H56O18. The number of methoxy groups -OCH3 is 1. The highest BCUT2D eigenvalue weighted by molar-refractivity contribution is 5.82. The van der Waals surface area contributed by atoms with Crippen LogP contribution in [0, 0.1) is 11.8 Å². The molecule has 18 nitrogen and oxygen atoms in total. The van der Waals surface area contributed by atoms with Crippen molar-refractivity contribution in [3.8, 4) is 0 Å². The number of unbranched alkanes of at least 4 members (excludes halogenated alkanes) is 3. The van der Waals surface area contributed by atoms with E-state index in [1.54, 1.807) is 26.0 Å². The van der Waals surface area contributed by atoms with Crippen molar-refractivity contribution in [2.75, 3.05) is 40.1 Å². The van der Waals surface area contributed by atoms with Crippen molar-refractivity contribution in [3.05, 3.63) is 24.3 Å². The summed E-state index contributed by atoms with van der Waals surface area (Å²) in [6.07, 6.45) is 7.73. The zero-order valence-electron chi connectivity index (χ0n) is 32.2. The summed E-state index contributed by atoms with van der Waals surface area (Å²) in [5.74, 6) is -6.58. The highest BCUT2D eigenvalue weighted by Gasteiger charge is 2.43. The minimum Gasteiger partial charge on any atom is -0.463 e. The van der Waals surface area contributed by atoms with Gasteiger partial charge in [-0.3, -0.25) is 4.79 Å². The van der Waals surface area contributed by atoms with Gasteiger partial charge in [-0.1, -0.05) is 50.5 Å². The van der Waals surface area contributed by atoms with Gasteiger partial charge in [0.15, 0.2) is 39.3 Å². The van der Waals surface area contributed by atoms with Crippen LogP contribution in [-0.4, -0.2) is 123 Å². The maximum Gasteiger partial charge on any atom is 0.509 e. The molecule has 55 heavy (non-hydrogen) atoms. The van der Waals surface area contributed by atoms with Gasteiger partial charge in [-0.25, -0.2) is 28.8 Å². The lowest BCUT2D eigenvalue weighted by atomic mass is 9.89. The molecule has 0 aromatic rings. The van der Waals surface area contributed by atoms with Gasteiger partial charge in [-0.05, 0) is 46.5 Å². The molecule has 0 bridgehead atoms. The monoisotopic (exact) mass is 788 g/mol.